The summed E-state index contributed by atoms with van der Waals surface area (Å²) < 4.78 is 2.18. The molecule has 3 nitrogen and oxygen atoms in total. The van der Waals surface area contributed by atoms with Crippen molar-refractivity contribution >= 4 is 21.9 Å². The van der Waals surface area contributed by atoms with E-state index in [0.29, 0.717) is 0 Å². The Labute approximate surface area is 297 Å². The van der Waals surface area contributed by atoms with E-state index in [1.165, 1.54) is 38.9 Å². The van der Waals surface area contributed by atoms with Crippen LogP contribution in [0.5, 0.6) is 0 Å². The molecule has 1 aliphatic rings. The molecule has 10 rings (SSSR count). The van der Waals surface area contributed by atoms with Gasteiger partial charge in [-0.1, -0.05) is 146 Å². The van der Waals surface area contributed by atoms with Gasteiger partial charge in [-0.2, -0.15) is 0 Å². The first-order valence-electron chi connectivity index (χ1n) is 17.5. The van der Waals surface area contributed by atoms with Gasteiger partial charge in [0.1, 0.15) is 5.82 Å². The van der Waals surface area contributed by atoms with Gasteiger partial charge in [-0.05, 0) is 80.4 Å². The lowest BCUT2D eigenvalue weighted by molar-refractivity contribution is 0.769. The van der Waals surface area contributed by atoms with Crippen LogP contribution in [0, 0.1) is 0 Å². The van der Waals surface area contributed by atoms with E-state index in [1.807, 2.05) is 18.3 Å². The minimum absolute atomic E-state index is 0.496. The average molecular weight is 652 g/mol. The molecule has 0 saturated heterocycles. The Balaban J connectivity index is 1.27. The number of aromatic nitrogens is 3. The predicted octanol–water partition coefficient (Wildman–Crippen LogP) is 11.5. The van der Waals surface area contributed by atoms with Gasteiger partial charge in [0.2, 0.25) is 0 Å². The number of hydrogen-bond donors (Lipinski definition) is 0. The van der Waals surface area contributed by atoms with Gasteiger partial charge in [0.05, 0.1) is 22.0 Å². The molecule has 9 aromatic rings. The van der Waals surface area contributed by atoms with E-state index in [9.17, 15) is 0 Å². The first kappa shape index (κ1) is 29.3. The number of rotatable bonds is 5. The van der Waals surface area contributed by atoms with Gasteiger partial charge < -0.3 is 4.57 Å². The van der Waals surface area contributed by atoms with Gasteiger partial charge in [0.25, 0.3) is 0 Å². The molecule has 2 heterocycles. The molecule has 240 valence electrons. The molecule has 0 atom stereocenters. The standard InChI is InChI=1S/C48H33N3/c1-51-45-24-11-10-23-44(45)50-47(51)34-27-25-32(26-28-34)39-30-41-37-20-8-9-22-42(37)48(35-16-4-2-5-17-35,36-18-6-3-7-19-36)43(41)31-40(39)38-21-12-14-33-15-13-29-49-46(33)38/h2-31H,1H3. The molecule has 7 aromatic carbocycles. The van der Waals surface area contributed by atoms with Crippen molar-refractivity contribution < 1.29 is 0 Å². The van der Waals surface area contributed by atoms with Crippen LogP contribution in [0.2, 0.25) is 0 Å². The number of hydrogen-bond acceptors (Lipinski definition) is 2. The third-order valence-electron chi connectivity index (χ3n) is 10.8. The van der Waals surface area contributed by atoms with Crippen LogP contribution in [0.15, 0.2) is 182 Å². The normalized spacial score (nSPS) is 13.0. The molecule has 0 aliphatic heterocycles. The number of nitrogens with zero attached hydrogens (tertiary/aromatic N) is 3. The molecular weight excluding hydrogens is 619 g/mol. The highest BCUT2D eigenvalue weighted by atomic mass is 15.1. The Bertz CT molecular complexity index is 2700. The van der Waals surface area contributed by atoms with E-state index >= 15 is 0 Å². The Morgan fingerprint density at radius 1 is 0.471 bits per heavy atom. The van der Waals surface area contributed by atoms with Gasteiger partial charge in [-0.15, -0.1) is 0 Å². The molecule has 2 aromatic heterocycles. The maximum atomic E-state index is 4.98. The zero-order valence-corrected chi connectivity index (χ0v) is 28.2. The van der Waals surface area contributed by atoms with E-state index in [-0.39, 0.29) is 0 Å². The van der Waals surface area contributed by atoms with Crippen LogP contribution in [0.25, 0.3) is 66.7 Å². The van der Waals surface area contributed by atoms with Crippen molar-refractivity contribution in [1.29, 1.82) is 0 Å². The smallest absolute Gasteiger partial charge is 0.140 e. The maximum Gasteiger partial charge on any atom is 0.140 e. The number of fused-ring (bicyclic) bond motifs is 5. The summed E-state index contributed by atoms with van der Waals surface area (Å²) in [6.45, 7) is 0. The van der Waals surface area contributed by atoms with Crippen molar-refractivity contribution in [3.05, 3.63) is 204 Å². The van der Waals surface area contributed by atoms with E-state index in [4.69, 9.17) is 9.97 Å². The second-order valence-corrected chi connectivity index (χ2v) is 13.4. The summed E-state index contributed by atoms with van der Waals surface area (Å²) in [6.07, 6.45) is 1.90. The molecule has 0 radical (unpaired) electrons. The number of imidazole rings is 1. The molecule has 0 unspecified atom stereocenters. The molecular formula is C48H33N3. The molecule has 0 bridgehead atoms. The topological polar surface area (TPSA) is 30.7 Å². The van der Waals surface area contributed by atoms with Gasteiger partial charge in [0, 0.05) is 29.8 Å². The second kappa shape index (κ2) is 11.5. The lowest BCUT2D eigenvalue weighted by atomic mass is 9.67. The number of pyridine rings is 1. The van der Waals surface area contributed by atoms with Gasteiger partial charge in [-0.25, -0.2) is 4.98 Å². The number of aryl methyl sites for hydroxylation is 1. The Hall–Kier alpha value is -6.58. The van der Waals surface area contributed by atoms with E-state index in [1.54, 1.807) is 0 Å². The summed E-state index contributed by atoms with van der Waals surface area (Å²) in [6, 6.07) is 63.8. The lowest BCUT2D eigenvalue weighted by Crippen LogP contribution is -2.28. The average Bonchev–Trinajstić information content (AvgIpc) is 3.70. The molecule has 0 spiro atoms. The molecule has 51 heavy (non-hydrogen) atoms. The number of benzene rings is 7. The molecule has 0 fully saturated rings. The Morgan fingerprint density at radius 3 is 1.88 bits per heavy atom. The zero-order valence-electron chi connectivity index (χ0n) is 28.2. The van der Waals surface area contributed by atoms with Crippen LogP contribution in [-0.4, -0.2) is 14.5 Å². The minimum atomic E-state index is -0.496. The largest absolute Gasteiger partial charge is 0.327 e. The third kappa shape index (κ3) is 4.38. The van der Waals surface area contributed by atoms with Crippen LogP contribution >= 0.6 is 0 Å². The van der Waals surface area contributed by atoms with Crippen LogP contribution in [-0.2, 0) is 12.5 Å². The molecule has 0 N–H and O–H groups in total. The van der Waals surface area contributed by atoms with Crippen LogP contribution in [0.4, 0.5) is 0 Å². The van der Waals surface area contributed by atoms with Crippen LogP contribution < -0.4 is 0 Å². The molecule has 0 saturated carbocycles. The summed E-state index contributed by atoms with van der Waals surface area (Å²) in [4.78, 5) is 9.94. The van der Waals surface area contributed by atoms with E-state index in [2.05, 4.69) is 175 Å². The highest BCUT2D eigenvalue weighted by molar-refractivity contribution is 6.01. The van der Waals surface area contributed by atoms with Crippen LogP contribution in [0.1, 0.15) is 22.3 Å². The third-order valence-corrected chi connectivity index (χ3v) is 10.8. The van der Waals surface area contributed by atoms with Crippen molar-refractivity contribution in [2.75, 3.05) is 0 Å². The first-order valence-corrected chi connectivity index (χ1v) is 17.5. The Kier molecular flexibility index (Phi) is 6.62. The van der Waals surface area contributed by atoms with Crippen molar-refractivity contribution in [2.24, 2.45) is 7.05 Å². The fourth-order valence-corrected chi connectivity index (χ4v) is 8.47. The highest BCUT2D eigenvalue weighted by Crippen LogP contribution is 2.58. The van der Waals surface area contributed by atoms with E-state index < -0.39 is 5.41 Å². The van der Waals surface area contributed by atoms with Gasteiger partial charge in [0.15, 0.2) is 0 Å². The first-order chi connectivity index (χ1) is 25.2. The molecule has 0 amide bonds. The summed E-state index contributed by atoms with van der Waals surface area (Å²) in [7, 11) is 2.09. The number of para-hydroxylation sites is 3. The molecule has 3 heteroatoms. The van der Waals surface area contributed by atoms with Crippen molar-refractivity contribution in [3.63, 3.8) is 0 Å². The van der Waals surface area contributed by atoms with Gasteiger partial charge in [-0.3, -0.25) is 4.98 Å². The second-order valence-electron chi connectivity index (χ2n) is 13.4. The fourth-order valence-electron chi connectivity index (χ4n) is 8.47. The van der Waals surface area contributed by atoms with Gasteiger partial charge >= 0.3 is 0 Å². The summed E-state index contributed by atoms with van der Waals surface area (Å²) in [5.41, 5.74) is 15.9. The lowest BCUT2D eigenvalue weighted by Gasteiger charge is -2.34. The summed E-state index contributed by atoms with van der Waals surface area (Å²) in [5.74, 6) is 0.958. The van der Waals surface area contributed by atoms with Crippen molar-refractivity contribution in [1.82, 2.24) is 14.5 Å². The van der Waals surface area contributed by atoms with Crippen LogP contribution in [0.3, 0.4) is 0 Å². The minimum Gasteiger partial charge on any atom is -0.327 e. The quantitative estimate of drug-likeness (QED) is 0.185. The SMILES string of the molecule is Cn1c(-c2ccc(-c3cc4c(cc3-c3cccc5cccnc35)C(c3ccccc3)(c3ccccc3)c3ccccc3-4)cc2)nc2ccccc21. The van der Waals surface area contributed by atoms with Crippen molar-refractivity contribution in [2.45, 2.75) is 5.41 Å². The maximum absolute atomic E-state index is 4.98. The van der Waals surface area contributed by atoms with E-state index in [0.717, 1.165) is 50.0 Å². The van der Waals surface area contributed by atoms with Crippen molar-refractivity contribution in [3.8, 4) is 44.8 Å². The summed E-state index contributed by atoms with van der Waals surface area (Å²) in [5, 5.41) is 1.12. The zero-order chi connectivity index (χ0) is 33.9. The highest BCUT2D eigenvalue weighted by Gasteiger charge is 2.46. The molecule has 1 aliphatic carbocycles. The Morgan fingerprint density at radius 2 is 1.12 bits per heavy atom. The summed E-state index contributed by atoms with van der Waals surface area (Å²) >= 11 is 0. The monoisotopic (exact) mass is 651 g/mol. The fraction of sp³-hybridized carbons (Fsp3) is 0.0417. The predicted molar refractivity (Wildman–Crippen MR) is 210 cm³/mol.